The van der Waals surface area contributed by atoms with Gasteiger partial charge in [0.2, 0.25) is 0 Å². The topological polar surface area (TPSA) is 59.1 Å². The molecule has 5 heteroatoms. The Balaban J connectivity index is 1.53. The first kappa shape index (κ1) is 15.8. The van der Waals surface area contributed by atoms with E-state index in [9.17, 15) is 9.59 Å². The third-order valence-corrected chi connectivity index (χ3v) is 4.88. The van der Waals surface area contributed by atoms with Crippen LogP contribution < -0.4 is 4.90 Å². The number of benzene rings is 2. The zero-order chi connectivity index (χ0) is 17.6. The predicted molar refractivity (Wildman–Crippen MR) is 92.3 cm³/mol. The van der Waals surface area contributed by atoms with Crippen LogP contribution in [-0.4, -0.2) is 24.6 Å². The molecule has 128 valence electrons. The van der Waals surface area contributed by atoms with Gasteiger partial charge < -0.3 is 14.4 Å². The second kappa shape index (κ2) is 5.70. The van der Waals surface area contributed by atoms with Crippen molar-refractivity contribution in [3.05, 3.63) is 65.2 Å². The number of epoxide rings is 1. The monoisotopic (exact) mass is 337 g/mol. The average molecular weight is 337 g/mol. The van der Waals surface area contributed by atoms with E-state index >= 15 is 0 Å². The second-order valence-corrected chi connectivity index (χ2v) is 6.45. The largest absolute Gasteiger partial charge is 0.464 e. The third-order valence-electron chi connectivity index (χ3n) is 4.88. The smallest absolute Gasteiger partial charge is 0.338 e. The molecule has 2 aromatic rings. The molecule has 4 rings (SSSR count). The van der Waals surface area contributed by atoms with Crippen LogP contribution in [0, 0.1) is 0 Å². The number of nitrogens with zero attached hydrogens (tertiary/aromatic N) is 1. The maximum absolute atomic E-state index is 12.5. The lowest BCUT2D eigenvalue weighted by molar-refractivity contribution is -0.144. The van der Waals surface area contributed by atoms with Crippen molar-refractivity contribution < 1.29 is 19.1 Å². The van der Waals surface area contributed by atoms with Crippen LogP contribution in [-0.2, 0) is 26.4 Å². The van der Waals surface area contributed by atoms with Gasteiger partial charge in [0.25, 0.3) is 5.91 Å². The number of esters is 1. The lowest BCUT2D eigenvalue weighted by Crippen LogP contribution is -2.23. The number of hydrogen-bond acceptors (Lipinski definition) is 4. The normalized spacial score (nSPS) is 24.2. The Morgan fingerprint density at radius 1 is 1.24 bits per heavy atom. The van der Waals surface area contributed by atoms with Crippen LogP contribution in [0.15, 0.2) is 48.5 Å². The number of hydrogen-bond donors (Lipinski definition) is 0. The zero-order valence-electron chi connectivity index (χ0n) is 14.2. The highest BCUT2D eigenvalue weighted by atomic mass is 16.7. The van der Waals surface area contributed by atoms with E-state index in [-0.39, 0.29) is 11.9 Å². The van der Waals surface area contributed by atoms with Crippen molar-refractivity contribution >= 4 is 17.6 Å². The fourth-order valence-corrected chi connectivity index (χ4v) is 3.36. The molecular formula is C20H19NO4. The Labute approximate surface area is 146 Å². The summed E-state index contributed by atoms with van der Waals surface area (Å²) >= 11 is 0. The second-order valence-electron chi connectivity index (χ2n) is 6.45. The van der Waals surface area contributed by atoms with Crippen LogP contribution in [0.2, 0.25) is 0 Å². The molecule has 1 amide bonds. The molecule has 0 aromatic heterocycles. The van der Waals surface area contributed by atoms with Crippen molar-refractivity contribution in [3.8, 4) is 0 Å². The number of amides is 1. The van der Waals surface area contributed by atoms with Crippen LogP contribution in [0.4, 0.5) is 5.69 Å². The minimum absolute atomic E-state index is 0.0154. The van der Waals surface area contributed by atoms with E-state index in [0.29, 0.717) is 13.2 Å². The third kappa shape index (κ3) is 2.51. The number of ether oxygens (including phenoxy) is 2. The molecular weight excluding hydrogens is 318 g/mol. The highest BCUT2D eigenvalue weighted by Gasteiger charge is 2.59. The maximum atomic E-state index is 12.5. The van der Waals surface area contributed by atoms with E-state index in [1.54, 1.807) is 11.8 Å². The van der Waals surface area contributed by atoms with Gasteiger partial charge in [-0.15, -0.1) is 0 Å². The number of anilines is 1. The van der Waals surface area contributed by atoms with Gasteiger partial charge in [0.05, 0.1) is 13.2 Å². The van der Waals surface area contributed by atoms with Crippen molar-refractivity contribution in [1.29, 1.82) is 0 Å². The Kier molecular flexibility index (Phi) is 3.62. The first-order valence-electron chi connectivity index (χ1n) is 8.39. The lowest BCUT2D eigenvalue weighted by Gasteiger charge is -2.17. The average Bonchev–Trinajstić information content (AvgIpc) is 3.22. The fourth-order valence-electron chi connectivity index (χ4n) is 3.36. The van der Waals surface area contributed by atoms with Crippen molar-refractivity contribution in [2.75, 3.05) is 11.5 Å². The first-order chi connectivity index (χ1) is 12.0. The van der Waals surface area contributed by atoms with Crippen LogP contribution >= 0.6 is 0 Å². The van der Waals surface area contributed by atoms with E-state index in [0.717, 1.165) is 22.4 Å². The number of carbonyl (C=O) groups is 2. The molecule has 0 spiro atoms. The minimum Gasteiger partial charge on any atom is -0.464 e. The molecule has 0 N–H and O–H groups in total. The molecule has 2 aromatic carbocycles. The van der Waals surface area contributed by atoms with Gasteiger partial charge in [0, 0.05) is 11.3 Å². The molecule has 2 aliphatic heterocycles. The minimum atomic E-state index is -0.650. The van der Waals surface area contributed by atoms with E-state index in [1.807, 2.05) is 55.5 Å². The Morgan fingerprint density at radius 3 is 2.64 bits per heavy atom. The first-order valence-corrected chi connectivity index (χ1v) is 8.39. The predicted octanol–water partition coefficient (Wildman–Crippen LogP) is 3.02. The Morgan fingerprint density at radius 2 is 1.96 bits per heavy atom. The number of fused-ring (bicyclic) bond motifs is 1. The van der Waals surface area contributed by atoms with Gasteiger partial charge in [-0.25, -0.2) is 4.79 Å². The molecule has 1 fully saturated rings. The zero-order valence-corrected chi connectivity index (χ0v) is 14.2. The van der Waals surface area contributed by atoms with Gasteiger partial charge in [-0.1, -0.05) is 30.3 Å². The summed E-state index contributed by atoms with van der Waals surface area (Å²) in [5.74, 6) is -0.319. The van der Waals surface area contributed by atoms with Crippen molar-refractivity contribution in [2.45, 2.75) is 32.1 Å². The molecule has 2 heterocycles. The summed E-state index contributed by atoms with van der Waals surface area (Å²) in [7, 11) is 0. The summed E-state index contributed by atoms with van der Waals surface area (Å²) in [4.78, 5) is 26.1. The van der Waals surface area contributed by atoms with Gasteiger partial charge in [-0.3, -0.25) is 4.79 Å². The van der Waals surface area contributed by atoms with Gasteiger partial charge in [0.15, 0.2) is 6.10 Å². The number of carbonyl (C=O) groups excluding carboxylic acids is 2. The summed E-state index contributed by atoms with van der Waals surface area (Å²) < 4.78 is 10.6. The highest BCUT2D eigenvalue weighted by Crippen LogP contribution is 2.47. The van der Waals surface area contributed by atoms with Crippen LogP contribution in [0.1, 0.15) is 35.3 Å². The summed E-state index contributed by atoms with van der Waals surface area (Å²) in [5, 5.41) is 0. The molecule has 1 saturated heterocycles. The molecule has 5 nitrogen and oxygen atoms in total. The molecule has 0 saturated carbocycles. The molecule has 0 unspecified atom stereocenters. The maximum Gasteiger partial charge on any atom is 0.338 e. The Hall–Kier alpha value is -2.66. The van der Waals surface area contributed by atoms with Crippen molar-refractivity contribution in [2.24, 2.45) is 0 Å². The van der Waals surface area contributed by atoms with Crippen molar-refractivity contribution in [3.63, 3.8) is 0 Å². The van der Waals surface area contributed by atoms with Gasteiger partial charge in [-0.2, -0.15) is 0 Å². The summed E-state index contributed by atoms with van der Waals surface area (Å²) in [6.45, 7) is 4.57. The van der Waals surface area contributed by atoms with E-state index < -0.39 is 11.7 Å². The lowest BCUT2D eigenvalue weighted by atomic mass is 9.97. The van der Waals surface area contributed by atoms with Gasteiger partial charge >= 0.3 is 5.97 Å². The fraction of sp³-hybridized carbons (Fsp3) is 0.300. The molecule has 0 aliphatic carbocycles. The summed E-state index contributed by atoms with van der Waals surface area (Å²) in [5.41, 5.74) is 2.88. The molecule has 0 radical (unpaired) electrons. The molecule has 25 heavy (non-hydrogen) atoms. The molecule has 0 bridgehead atoms. The van der Waals surface area contributed by atoms with Gasteiger partial charge in [0.1, 0.15) is 5.60 Å². The van der Waals surface area contributed by atoms with E-state index in [4.69, 9.17) is 9.47 Å². The molecule has 2 aliphatic rings. The van der Waals surface area contributed by atoms with Crippen LogP contribution in [0.25, 0.3) is 0 Å². The van der Waals surface area contributed by atoms with Gasteiger partial charge in [-0.05, 0) is 43.2 Å². The van der Waals surface area contributed by atoms with Crippen molar-refractivity contribution in [1.82, 2.24) is 0 Å². The molecule has 2 atom stereocenters. The van der Waals surface area contributed by atoms with Crippen LogP contribution in [0.3, 0.4) is 0 Å². The highest BCUT2D eigenvalue weighted by molar-refractivity contribution is 6.09. The summed E-state index contributed by atoms with van der Waals surface area (Å²) in [6, 6.07) is 15.3. The standard InChI is InChI=1S/C20H19NO4/c1-3-24-19(23)17-20(2,25-17)14-8-10-15(11-9-14)21-12-13-6-4-5-7-16(13)18(21)22/h4-11,17H,3,12H2,1-2H3/t17-,20+/m1/s1. The SMILES string of the molecule is CCOC(=O)[C@H]1O[C@@]1(C)c1ccc(N2Cc3ccccc3C2=O)cc1. The van der Waals surface area contributed by atoms with Crippen LogP contribution in [0.5, 0.6) is 0 Å². The van der Waals surface area contributed by atoms with E-state index in [2.05, 4.69) is 0 Å². The Bertz CT molecular complexity index is 845. The number of rotatable bonds is 4. The van der Waals surface area contributed by atoms with E-state index in [1.165, 1.54) is 0 Å². The quantitative estimate of drug-likeness (QED) is 0.636. The summed E-state index contributed by atoms with van der Waals surface area (Å²) in [6.07, 6.45) is -0.559.